The molecule has 2 aromatic heterocycles. The van der Waals surface area contributed by atoms with Crippen molar-refractivity contribution in [2.24, 2.45) is 0 Å². The molecule has 0 bridgehead atoms. The fourth-order valence-corrected chi connectivity index (χ4v) is 4.21. The van der Waals surface area contributed by atoms with Gasteiger partial charge in [0.15, 0.2) is 5.82 Å². The number of ether oxygens (including phenoxy) is 1. The number of nitro groups is 1. The fourth-order valence-electron chi connectivity index (χ4n) is 4.21. The van der Waals surface area contributed by atoms with Crippen LogP contribution < -0.4 is 9.64 Å². The largest absolute Gasteiger partial charge is 0.496 e. The number of aromatic amines is 1. The topological polar surface area (TPSA) is 87.5 Å². The Morgan fingerprint density at radius 2 is 1.87 bits per heavy atom. The number of methoxy groups -OCH3 is 1. The van der Waals surface area contributed by atoms with Gasteiger partial charge in [-0.3, -0.25) is 15.0 Å². The molecule has 1 aromatic carbocycles. The van der Waals surface area contributed by atoms with Crippen molar-refractivity contribution in [3.8, 4) is 16.9 Å². The van der Waals surface area contributed by atoms with Crippen molar-refractivity contribution in [1.29, 1.82) is 0 Å². The second-order valence-corrected chi connectivity index (χ2v) is 8.65. The summed E-state index contributed by atoms with van der Waals surface area (Å²) in [6, 6.07) is 5.79. The lowest BCUT2D eigenvalue weighted by Gasteiger charge is -2.42. The minimum Gasteiger partial charge on any atom is -0.496 e. The monoisotopic (exact) mass is 427 g/mol. The smallest absolute Gasteiger partial charge is 0.321 e. The number of rotatable bonds is 4. The van der Waals surface area contributed by atoms with E-state index in [4.69, 9.17) is 4.74 Å². The van der Waals surface area contributed by atoms with Crippen molar-refractivity contribution in [2.75, 3.05) is 38.2 Å². The summed E-state index contributed by atoms with van der Waals surface area (Å²) in [6.45, 7) is 9.40. The summed E-state index contributed by atoms with van der Waals surface area (Å²) in [6.07, 6.45) is 1.56. The van der Waals surface area contributed by atoms with Crippen LogP contribution in [0.15, 0.2) is 30.5 Å². The third-order valence-corrected chi connectivity index (χ3v) is 5.83. The van der Waals surface area contributed by atoms with Gasteiger partial charge in [-0.1, -0.05) is 0 Å². The first-order valence-corrected chi connectivity index (χ1v) is 10.2. The Bertz CT molecular complexity index is 1130. The van der Waals surface area contributed by atoms with Gasteiger partial charge in [-0.05, 0) is 45.0 Å². The van der Waals surface area contributed by atoms with E-state index in [0.717, 1.165) is 13.1 Å². The third kappa shape index (κ3) is 3.81. The van der Waals surface area contributed by atoms with Crippen molar-refractivity contribution in [3.63, 3.8) is 0 Å². The number of benzene rings is 1. The average molecular weight is 427 g/mol. The van der Waals surface area contributed by atoms with Crippen LogP contribution in [0.2, 0.25) is 0 Å². The van der Waals surface area contributed by atoms with Gasteiger partial charge in [-0.25, -0.2) is 9.37 Å². The molecule has 3 heterocycles. The molecule has 9 heteroatoms. The molecule has 3 aromatic rings. The zero-order valence-corrected chi connectivity index (χ0v) is 18.1. The lowest BCUT2D eigenvalue weighted by molar-refractivity contribution is -0.382. The van der Waals surface area contributed by atoms with Gasteiger partial charge >= 0.3 is 5.69 Å². The standard InChI is InChI=1S/C22H26FN5O3/c1-22(2,3)27-11-9-26(10-12-27)21-19(28(29)30)18-15(7-8-24-20(18)25-21)16-13-14(23)5-6-17(16)31-4/h5-8,13H,9-12H2,1-4H3,(H,24,25). The van der Waals surface area contributed by atoms with Crippen LogP contribution in [-0.2, 0) is 0 Å². The number of aromatic nitrogens is 2. The highest BCUT2D eigenvalue weighted by Crippen LogP contribution is 2.43. The molecule has 1 aliphatic heterocycles. The zero-order valence-electron chi connectivity index (χ0n) is 18.1. The maximum atomic E-state index is 14.0. The highest BCUT2D eigenvalue weighted by molar-refractivity contribution is 6.05. The van der Waals surface area contributed by atoms with E-state index < -0.39 is 5.82 Å². The minimum atomic E-state index is -0.447. The Kier molecular flexibility index (Phi) is 5.30. The summed E-state index contributed by atoms with van der Waals surface area (Å²) >= 11 is 0. The molecule has 31 heavy (non-hydrogen) atoms. The number of anilines is 1. The number of hydrogen-bond donors (Lipinski definition) is 1. The summed E-state index contributed by atoms with van der Waals surface area (Å²) in [5.74, 6) is 0.422. The molecule has 4 rings (SSSR count). The number of hydrogen-bond acceptors (Lipinski definition) is 6. The zero-order chi connectivity index (χ0) is 22.3. The van der Waals surface area contributed by atoms with Crippen LogP contribution in [0.5, 0.6) is 5.75 Å². The molecule has 0 atom stereocenters. The Hall–Kier alpha value is -3.20. The van der Waals surface area contributed by atoms with Crippen LogP contribution in [0.25, 0.3) is 22.2 Å². The molecule has 1 fully saturated rings. The van der Waals surface area contributed by atoms with Gasteiger partial charge in [0.2, 0.25) is 0 Å². The van der Waals surface area contributed by atoms with Crippen molar-refractivity contribution in [1.82, 2.24) is 14.9 Å². The summed E-state index contributed by atoms with van der Waals surface area (Å²) in [5, 5.41) is 12.5. The predicted octanol–water partition coefficient (Wildman–Crippen LogP) is 4.21. The van der Waals surface area contributed by atoms with E-state index in [1.165, 1.54) is 25.3 Å². The van der Waals surface area contributed by atoms with Crippen LogP contribution in [0, 0.1) is 15.9 Å². The number of halogens is 1. The molecule has 0 amide bonds. The van der Waals surface area contributed by atoms with Gasteiger partial charge in [0.05, 0.1) is 12.0 Å². The van der Waals surface area contributed by atoms with Crippen molar-refractivity contribution < 1.29 is 14.1 Å². The first-order valence-electron chi connectivity index (χ1n) is 10.2. The Morgan fingerprint density at radius 3 is 2.48 bits per heavy atom. The molecule has 0 spiro atoms. The summed E-state index contributed by atoms with van der Waals surface area (Å²) in [5.41, 5.74) is 1.34. The molecule has 0 saturated carbocycles. The van der Waals surface area contributed by atoms with E-state index >= 15 is 0 Å². The first kappa shape index (κ1) is 21.0. The number of nitrogens with zero attached hydrogens (tertiary/aromatic N) is 4. The molecule has 8 nitrogen and oxygen atoms in total. The Morgan fingerprint density at radius 1 is 1.16 bits per heavy atom. The van der Waals surface area contributed by atoms with Crippen LogP contribution >= 0.6 is 0 Å². The van der Waals surface area contributed by atoms with E-state index in [-0.39, 0.29) is 16.1 Å². The molecular weight excluding hydrogens is 401 g/mol. The quantitative estimate of drug-likeness (QED) is 0.496. The lowest BCUT2D eigenvalue weighted by atomic mass is 10.0. The molecular formula is C22H26FN5O3. The maximum absolute atomic E-state index is 14.0. The third-order valence-electron chi connectivity index (χ3n) is 5.83. The number of piperazine rings is 1. The van der Waals surface area contributed by atoms with Crippen molar-refractivity contribution >= 4 is 22.5 Å². The second kappa shape index (κ2) is 7.81. The maximum Gasteiger partial charge on any atom is 0.321 e. The molecule has 1 N–H and O–H groups in total. The summed E-state index contributed by atoms with van der Waals surface area (Å²) < 4.78 is 19.4. The molecule has 0 aliphatic carbocycles. The Labute approximate surface area is 179 Å². The Balaban J connectivity index is 1.84. The lowest BCUT2D eigenvalue weighted by Crippen LogP contribution is -2.53. The molecule has 0 unspecified atom stereocenters. The van der Waals surface area contributed by atoms with Crippen molar-refractivity contribution in [2.45, 2.75) is 26.3 Å². The van der Waals surface area contributed by atoms with Crippen molar-refractivity contribution in [3.05, 3.63) is 46.4 Å². The number of pyridine rings is 1. The number of H-pyrrole nitrogens is 1. The van der Waals surface area contributed by atoms with Gasteiger partial charge in [-0.15, -0.1) is 0 Å². The SMILES string of the molecule is COc1ccc(F)cc1-c1ccnc2[nH]c(N3CCN(C(C)(C)C)CC3)c([N+](=O)[O-])c12. The molecule has 1 aliphatic rings. The highest BCUT2D eigenvalue weighted by Gasteiger charge is 2.33. The normalized spacial score (nSPS) is 15.5. The number of nitrogens with one attached hydrogen (secondary N) is 1. The number of fused-ring (bicyclic) bond motifs is 1. The van der Waals surface area contributed by atoms with Gasteiger partial charge in [-0.2, -0.15) is 0 Å². The minimum absolute atomic E-state index is 0.0428. The van der Waals surface area contributed by atoms with Crippen LogP contribution in [0.4, 0.5) is 15.9 Å². The van der Waals surface area contributed by atoms with Gasteiger partial charge in [0, 0.05) is 49.0 Å². The van der Waals surface area contributed by atoms with Gasteiger partial charge in [0.25, 0.3) is 0 Å². The highest BCUT2D eigenvalue weighted by atomic mass is 19.1. The van der Waals surface area contributed by atoms with E-state index in [2.05, 4.69) is 35.6 Å². The van der Waals surface area contributed by atoms with Crippen LogP contribution in [0.3, 0.4) is 0 Å². The fraction of sp³-hybridized carbons (Fsp3) is 0.409. The van der Waals surface area contributed by atoms with E-state index in [0.29, 0.717) is 46.8 Å². The molecule has 1 saturated heterocycles. The summed E-state index contributed by atoms with van der Waals surface area (Å²) in [7, 11) is 1.49. The predicted molar refractivity (Wildman–Crippen MR) is 118 cm³/mol. The van der Waals surface area contributed by atoms with E-state index in [1.807, 2.05) is 4.90 Å². The van der Waals surface area contributed by atoms with Gasteiger partial charge < -0.3 is 14.6 Å². The van der Waals surface area contributed by atoms with E-state index in [1.54, 1.807) is 12.3 Å². The summed E-state index contributed by atoms with van der Waals surface area (Å²) in [4.78, 5) is 23.6. The average Bonchev–Trinajstić information content (AvgIpc) is 3.13. The van der Waals surface area contributed by atoms with Crippen LogP contribution in [0.1, 0.15) is 20.8 Å². The molecule has 0 radical (unpaired) electrons. The first-order chi connectivity index (χ1) is 14.7. The van der Waals surface area contributed by atoms with Crippen LogP contribution in [-0.4, -0.2) is 58.6 Å². The molecule has 164 valence electrons. The van der Waals surface area contributed by atoms with E-state index in [9.17, 15) is 14.5 Å². The second-order valence-electron chi connectivity index (χ2n) is 8.65. The van der Waals surface area contributed by atoms with Gasteiger partial charge in [0.1, 0.15) is 22.6 Å².